The molecule has 0 bridgehead atoms. The summed E-state index contributed by atoms with van der Waals surface area (Å²) in [5.41, 5.74) is 3.73. The molecular formula is C35H36F3NO2. The van der Waals surface area contributed by atoms with Crippen LogP contribution in [0.5, 0.6) is 0 Å². The van der Waals surface area contributed by atoms with Crippen molar-refractivity contribution in [2.24, 2.45) is 5.92 Å². The predicted molar refractivity (Wildman–Crippen MR) is 158 cm³/mol. The zero-order valence-corrected chi connectivity index (χ0v) is 23.5. The number of rotatable bonds is 8. The molecule has 0 aromatic heterocycles. The lowest BCUT2D eigenvalue weighted by Crippen LogP contribution is -2.34. The quantitative estimate of drug-likeness (QED) is 0.234. The van der Waals surface area contributed by atoms with Gasteiger partial charge < -0.3 is 5.11 Å². The number of carbonyl (C=O) groups is 1. The lowest BCUT2D eigenvalue weighted by molar-refractivity contribution is -0.139. The van der Waals surface area contributed by atoms with E-state index < -0.39 is 23.6 Å². The van der Waals surface area contributed by atoms with Gasteiger partial charge in [-0.15, -0.1) is 0 Å². The predicted octanol–water partition coefficient (Wildman–Crippen LogP) is 9.12. The normalized spacial score (nSPS) is 17.2. The maximum atomic E-state index is 13.2. The van der Waals surface area contributed by atoms with Crippen LogP contribution in [-0.2, 0) is 17.5 Å². The highest BCUT2D eigenvalue weighted by Crippen LogP contribution is 2.37. The molecule has 0 radical (unpaired) electrons. The molecule has 2 unspecified atom stereocenters. The van der Waals surface area contributed by atoms with Crippen LogP contribution < -0.4 is 0 Å². The fourth-order valence-corrected chi connectivity index (χ4v) is 6.05. The van der Waals surface area contributed by atoms with Gasteiger partial charge in [-0.25, -0.2) is 0 Å². The van der Waals surface area contributed by atoms with Gasteiger partial charge in [-0.3, -0.25) is 9.69 Å². The first-order chi connectivity index (χ1) is 19.6. The van der Waals surface area contributed by atoms with Crippen molar-refractivity contribution < 1.29 is 23.1 Å². The van der Waals surface area contributed by atoms with E-state index in [9.17, 15) is 23.1 Å². The summed E-state index contributed by atoms with van der Waals surface area (Å²) in [6, 6.07) is 26.0. The minimum absolute atomic E-state index is 0.182. The zero-order valence-electron chi connectivity index (χ0n) is 23.5. The largest absolute Gasteiger partial charge is 0.481 e. The van der Waals surface area contributed by atoms with Gasteiger partial charge >= 0.3 is 12.1 Å². The second-order valence-corrected chi connectivity index (χ2v) is 11.7. The van der Waals surface area contributed by atoms with Gasteiger partial charge in [-0.05, 0) is 94.4 Å². The Balaban J connectivity index is 1.46. The first kappa shape index (κ1) is 28.9. The van der Waals surface area contributed by atoms with Crippen molar-refractivity contribution in [1.29, 1.82) is 0 Å². The number of benzene rings is 4. The minimum Gasteiger partial charge on any atom is -0.481 e. The summed E-state index contributed by atoms with van der Waals surface area (Å²) in [4.78, 5) is 14.8. The standard InChI is InChI=1S/C35H36F3NO2/c1-23(2)16-33(34(40)41)31-19-29(26-11-13-32(14-12-26)35(36,37)38)18-30(20-31)28-8-5-15-39(22-28)21-24-9-10-25-6-3-4-7-27(25)17-24/h3-4,6-7,9-14,17-20,23,28,33H,5,8,15-16,21-22H2,1-2H3,(H,40,41). The number of aliphatic carboxylic acids is 1. The topological polar surface area (TPSA) is 40.5 Å². The highest BCUT2D eigenvalue weighted by Gasteiger charge is 2.30. The molecule has 1 N–H and O–H groups in total. The van der Waals surface area contributed by atoms with Gasteiger partial charge in [0.15, 0.2) is 0 Å². The molecule has 41 heavy (non-hydrogen) atoms. The summed E-state index contributed by atoms with van der Waals surface area (Å²) in [5.74, 6) is -1.18. The number of hydrogen-bond donors (Lipinski definition) is 1. The lowest BCUT2D eigenvalue weighted by atomic mass is 9.83. The molecule has 0 aliphatic carbocycles. The monoisotopic (exact) mass is 559 g/mol. The number of fused-ring (bicyclic) bond motifs is 1. The molecule has 1 aliphatic rings. The van der Waals surface area contributed by atoms with Crippen LogP contribution in [0, 0.1) is 5.92 Å². The average Bonchev–Trinajstić information content (AvgIpc) is 2.95. The number of alkyl halides is 3. The van der Waals surface area contributed by atoms with Crippen molar-refractivity contribution >= 4 is 16.7 Å². The number of carboxylic acids is 1. The summed E-state index contributed by atoms with van der Waals surface area (Å²) in [5, 5.41) is 12.5. The van der Waals surface area contributed by atoms with E-state index in [2.05, 4.69) is 35.2 Å². The van der Waals surface area contributed by atoms with Gasteiger partial charge in [0.2, 0.25) is 0 Å². The van der Waals surface area contributed by atoms with Gasteiger partial charge in [0.1, 0.15) is 0 Å². The van der Waals surface area contributed by atoms with Crippen molar-refractivity contribution in [1.82, 2.24) is 4.90 Å². The number of nitrogens with zero attached hydrogens (tertiary/aromatic N) is 1. The first-order valence-corrected chi connectivity index (χ1v) is 14.3. The Bertz CT molecular complexity index is 1510. The Morgan fingerprint density at radius 1 is 0.927 bits per heavy atom. The van der Waals surface area contributed by atoms with Crippen LogP contribution >= 0.6 is 0 Å². The van der Waals surface area contributed by atoms with Gasteiger partial charge in [0.25, 0.3) is 0 Å². The molecular weight excluding hydrogens is 523 g/mol. The molecule has 1 heterocycles. The summed E-state index contributed by atoms with van der Waals surface area (Å²) in [7, 11) is 0. The Morgan fingerprint density at radius 2 is 1.66 bits per heavy atom. The SMILES string of the molecule is CC(C)CC(C(=O)O)c1cc(-c2ccc(C(F)(F)F)cc2)cc(C2CCCN(Cc3ccc4ccccc4c3)C2)c1. The van der Waals surface area contributed by atoms with Crippen molar-refractivity contribution in [3.8, 4) is 11.1 Å². The first-order valence-electron chi connectivity index (χ1n) is 14.3. The van der Waals surface area contributed by atoms with Gasteiger partial charge in [0, 0.05) is 13.1 Å². The fourth-order valence-electron chi connectivity index (χ4n) is 6.05. The molecule has 1 saturated heterocycles. The average molecular weight is 560 g/mol. The van der Waals surface area contributed by atoms with Crippen molar-refractivity contribution in [3.05, 3.63) is 107 Å². The van der Waals surface area contributed by atoms with Gasteiger partial charge in [0.05, 0.1) is 11.5 Å². The number of piperidine rings is 1. The van der Waals surface area contributed by atoms with E-state index in [0.29, 0.717) is 17.5 Å². The Hall–Kier alpha value is -3.64. The van der Waals surface area contributed by atoms with Gasteiger partial charge in [-0.1, -0.05) is 80.6 Å². The molecule has 1 aliphatic heterocycles. The van der Waals surface area contributed by atoms with Crippen LogP contribution in [0.15, 0.2) is 84.9 Å². The molecule has 6 heteroatoms. The third-order valence-electron chi connectivity index (χ3n) is 8.13. The van der Waals surface area contributed by atoms with E-state index in [1.54, 1.807) is 0 Å². The van der Waals surface area contributed by atoms with Crippen LogP contribution in [-0.4, -0.2) is 29.1 Å². The highest BCUT2D eigenvalue weighted by atomic mass is 19.4. The Kier molecular flexibility index (Phi) is 8.50. The molecule has 4 aromatic carbocycles. The number of carboxylic acid groups (broad SMARTS) is 1. The second kappa shape index (κ2) is 12.1. The lowest BCUT2D eigenvalue weighted by Gasteiger charge is -2.33. The smallest absolute Gasteiger partial charge is 0.416 e. The van der Waals surface area contributed by atoms with E-state index in [4.69, 9.17) is 0 Å². The van der Waals surface area contributed by atoms with Crippen LogP contribution in [0.1, 0.15) is 67.2 Å². The summed E-state index contributed by atoms with van der Waals surface area (Å²) in [6.45, 7) is 6.66. The highest BCUT2D eigenvalue weighted by molar-refractivity contribution is 5.83. The van der Waals surface area contributed by atoms with Crippen LogP contribution in [0.4, 0.5) is 13.2 Å². The van der Waals surface area contributed by atoms with Crippen LogP contribution in [0.2, 0.25) is 0 Å². The molecule has 2 atom stereocenters. The summed E-state index contributed by atoms with van der Waals surface area (Å²) in [6.07, 6.45) is -1.92. The molecule has 214 valence electrons. The molecule has 1 fully saturated rings. The molecule has 4 aromatic rings. The molecule has 3 nitrogen and oxygen atoms in total. The fraction of sp³-hybridized carbons (Fsp3) is 0.343. The number of likely N-dealkylation sites (tertiary alicyclic amines) is 1. The van der Waals surface area contributed by atoms with Gasteiger partial charge in [-0.2, -0.15) is 13.2 Å². The zero-order chi connectivity index (χ0) is 29.1. The maximum absolute atomic E-state index is 13.2. The number of halogens is 3. The third-order valence-corrected chi connectivity index (χ3v) is 8.13. The third kappa shape index (κ3) is 6.99. The van der Waals surface area contributed by atoms with E-state index >= 15 is 0 Å². The second-order valence-electron chi connectivity index (χ2n) is 11.7. The summed E-state index contributed by atoms with van der Waals surface area (Å²) >= 11 is 0. The summed E-state index contributed by atoms with van der Waals surface area (Å²) < 4.78 is 39.6. The van der Waals surface area contributed by atoms with E-state index in [-0.39, 0.29) is 11.8 Å². The van der Waals surface area contributed by atoms with Crippen LogP contribution in [0.3, 0.4) is 0 Å². The number of hydrogen-bond acceptors (Lipinski definition) is 2. The molecule has 0 amide bonds. The molecule has 5 rings (SSSR count). The maximum Gasteiger partial charge on any atom is 0.416 e. The Labute approximate surface area is 239 Å². The molecule has 0 saturated carbocycles. The van der Waals surface area contributed by atoms with E-state index in [1.807, 2.05) is 44.2 Å². The van der Waals surface area contributed by atoms with E-state index in [0.717, 1.165) is 55.7 Å². The van der Waals surface area contributed by atoms with E-state index in [1.165, 1.54) is 28.5 Å². The Morgan fingerprint density at radius 3 is 2.34 bits per heavy atom. The minimum atomic E-state index is -4.41. The van der Waals surface area contributed by atoms with Crippen LogP contribution in [0.25, 0.3) is 21.9 Å². The molecule has 0 spiro atoms. The van der Waals surface area contributed by atoms with Crippen molar-refractivity contribution in [3.63, 3.8) is 0 Å². The van der Waals surface area contributed by atoms with Crippen molar-refractivity contribution in [2.75, 3.05) is 13.1 Å². The van der Waals surface area contributed by atoms with Crippen molar-refractivity contribution in [2.45, 2.75) is 57.7 Å².